The zero-order chi connectivity index (χ0) is 10.2. The Balaban J connectivity index is 1.91. The Bertz CT molecular complexity index is 135. The summed E-state index contributed by atoms with van der Waals surface area (Å²) >= 11 is 0. The monoisotopic (exact) mass is 200 g/mol. The second-order valence-corrected chi connectivity index (χ2v) is 4.17. The van der Waals surface area contributed by atoms with Crippen LogP contribution in [0.2, 0.25) is 0 Å². The molecule has 1 saturated heterocycles. The summed E-state index contributed by atoms with van der Waals surface area (Å²) in [6.07, 6.45) is 3.77. The van der Waals surface area contributed by atoms with Crippen molar-refractivity contribution in [3.63, 3.8) is 0 Å². The highest BCUT2D eigenvalue weighted by molar-refractivity contribution is 4.71. The molecule has 0 aromatic carbocycles. The van der Waals surface area contributed by atoms with Gasteiger partial charge in [-0.15, -0.1) is 0 Å². The van der Waals surface area contributed by atoms with E-state index in [0.29, 0.717) is 6.04 Å². The number of nitrogens with zero attached hydrogens (tertiary/aromatic N) is 1. The highest BCUT2D eigenvalue weighted by Crippen LogP contribution is 2.02. The Kier molecular flexibility index (Phi) is 6.15. The predicted molar refractivity (Wildman–Crippen MR) is 59.6 cm³/mol. The van der Waals surface area contributed by atoms with Gasteiger partial charge in [-0.05, 0) is 26.4 Å². The molecular weight excluding hydrogens is 176 g/mol. The lowest BCUT2D eigenvalue weighted by Crippen LogP contribution is -2.36. The quantitative estimate of drug-likeness (QED) is 0.666. The van der Waals surface area contributed by atoms with Crippen LogP contribution < -0.4 is 5.32 Å². The van der Waals surface area contributed by atoms with Crippen molar-refractivity contribution in [3.8, 4) is 0 Å². The maximum atomic E-state index is 5.30. The van der Waals surface area contributed by atoms with Crippen LogP contribution in [0.4, 0.5) is 0 Å². The number of hydrogen-bond donors (Lipinski definition) is 1. The summed E-state index contributed by atoms with van der Waals surface area (Å²) in [7, 11) is 2.20. The first-order chi connectivity index (χ1) is 6.83. The van der Waals surface area contributed by atoms with Gasteiger partial charge in [-0.2, -0.15) is 0 Å². The molecule has 1 rings (SSSR count). The van der Waals surface area contributed by atoms with E-state index in [0.717, 1.165) is 26.3 Å². The van der Waals surface area contributed by atoms with Gasteiger partial charge >= 0.3 is 0 Å². The third kappa shape index (κ3) is 4.94. The zero-order valence-electron chi connectivity index (χ0n) is 9.59. The lowest BCUT2D eigenvalue weighted by Gasteiger charge is -2.18. The van der Waals surface area contributed by atoms with Crippen molar-refractivity contribution < 1.29 is 4.74 Å². The molecule has 0 saturated carbocycles. The molecule has 3 nitrogen and oxygen atoms in total. The van der Waals surface area contributed by atoms with E-state index in [4.69, 9.17) is 4.74 Å². The standard InChI is InChI=1S/C11H24N2O/c1-3-4-7-13(2)8-6-12-11-5-9-14-10-11/h11-12H,3-10H2,1-2H3. The Morgan fingerprint density at radius 2 is 2.29 bits per heavy atom. The van der Waals surface area contributed by atoms with Crippen LogP contribution in [0, 0.1) is 0 Å². The van der Waals surface area contributed by atoms with Gasteiger partial charge in [0.25, 0.3) is 0 Å². The normalized spacial score (nSPS) is 22.1. The zero-order valence-corrected chi connectivity index (χ0v) is 9.59. The molecule has 1 N–H and O–H groups in total. The molecule has 0 aliphatic carbocycles. The van der Waals surface area contributed by atoms with Crippen LogP contribution >= 0.6 is 0 Å². The van der Waals surface area contributed by atoms with Crippen molar-refractivity contribution in [2.24, 2.45) is 0 Å². The van der Waals surface area contributed by atoms with Crippen molar-refractivity contribution in [1.29, 1.82) is 0 Å². The van der Waals surface area contributed by atoms with E-state index in [-0.39, 0.29) is 0 Å². The second kappa shape index (κ2) is 7.21. The molecule has 1 heterocycles. The number of rotatable bonds is 7. The van der Waals surface area contributed by atoms with Crippen LogP contribution in [-0.2, 0) is 4.74 Å². The fraction of sp³-hybridized carbons (Fsp3) is 1.00. The topological polar surface area (TPSA) is 24.5 Å². The van der Waals surface area contributed by atoms with Crippen LogP contribution in [0.15, 0.2) is 0 Å². The van der Waals surface area contributed by atoms with Gasteiger partial charge in [0, 0.05) is 25.7 Å². The maximum absolute atomic E-state index is 5.30. The van der Waals surface area contributed by atoms with Gasteiger partial charge in [0.1, 0.15) is 0 Å². The van der Waals surface area contributed by atoms with Crippen LogP contribution in [0.3, 0.4) is 0 Å². The van der Waals surface area contributed by atoms with Gasteiger partial charge in [-0.1, -0.05) is 13.3 Å². The summed E-state index contributed by atoms with van der Waals surface area (Å²) in [5, 5.41) is 3.52. The molecular formula is C11H24N2O. The van der Waals surface area contributed by atoms with E-state index in [9.17, 15) is 0 Å². The summed E-state index contributed by atoms with van der Waals surface area (Å²) in [6.45, 7) is 7.54. The summed E-state index contributed by atoms with van der Waals surface area (Å²) < 4.78 is 5.30. The molecule has 1 aliphatic heterocycles. The summed E-state index contributed by atoms with van der Waals surface area (Å²) in [6, 6.07) is 0.606. The Hall–Kier alpha value is -0.120. The smallest absolute Gasteiger partial charge is 0.0620 e. The van der Waals surface area contributed by atoms with Gasteiger partial charge in [0.15, 0.2) is 0 Å². The van der Waals surface area contributed by atoms with Crippen molar-refractivity contribution >= 4 is 0 Å². The summed E-state index contributed by atoms with van der Waals surface area (Å²) in [5.74, 6) is 0. The molecule has 1 atom stereocenters. The Labute approximate surface area is 87.8 Å². The van der Waals surface area contributed by atoms with E-state index in [1.807, 2.05) is 0 Å². The fourth-order valence-corrected chi connectivity index (χ4v) is 1.69. The van der Waals surface area contributed by atoms with Crippen LogP contribution in [0.1, 0.15) is 26.2 Å². The molecule has 1 aliphatic rings. The predicted octanol–water partition coefficient (Wildman–Crippen LogP) is 1.10. The second-order valence-electron chi connectivity index (χ2n) is 4.17. The molecule has 14 heavy (non-hydrogen) atoms. The summed E-state index contributed by atoms with van der Waals surface area (Å²) in [5.41, 5.74) is 0. The lowest BCUT2D eigenvalue weighted by molar-refractivity contribution is 0.189. The molecule has 0 aromatic rings. The summed E-state index contributed by atoms with van der Waals surface area (Å²) in [4.78, 5) is 2.40. The Morgan fingerprint density at radius 1 is 1.43 bits per heavy atom. The Morgan fingerprint density at radius 3 is 2.93 bits per heavy atom. The number of nitrogens with one attached hydrogen (secondary N) is 1. The minimum atomic E-state index is 0.606. The van der Waals surface area contributed by atoms with E-state index in [1.54, 1.807) is 0 Å². The SMILES string of the molecule is CCCCN(C)CCNC1CCOC1. The minimum absolute atomic E-state index is 0.606. The average molecular weight is 200 g/mol. The first-order valence-electron chi connectivity index (χ1n) is 5.82. The van der Waals surface area contributed by atoms with Crippen molar-refractivity contribution in [1.82, 2.24) is 10.2 Å². The van der Waals surface area contributed by atoms with Gasteiger partial charge < -0.3 is 15.0 Å². The fourth-order valence-electron chi connectivity index (χ4n) is 1.69. The molecule has 3 heteroatoms. The third-order valence-corrected chi connectivity index (χ3v) is 2.75. The van der Waals surface area contributed by atoms with Crippen LogP contribution in [-0.4, -0.2) is 50.8 Å². The first kappa shape index (κ1) is 12.0. The third-order valence-electron chi connectivity index (χ3n) is 2.75. The molecule has 0 spiro atoms. The largest absolute Gasteiger partial charge is 0.380 e. The van der Waals surface area contributed by atoms with Crippen molar-refractivity contribution in [3.05, 3.63) is 0 Å². The molecule has 1 fully saturated rings. The first-order valence-corrected chi connectivity index (χ1v) is 5.82. The molecule has 84 valence electrons. The number of unbranched alkanes of at least 4 members (excludes halogenated alkanes) is 1. The maximum Gasteiger partial charge on any atom is 0.0620 e. The average Bonchev–Trinajstić information content (AvgIpc) is 2.67. The van der Waals surface area contributed by atoms with E-state index < -0.39 is 0 Å². The molecule has 0 radical (unpaired) electrons. The van der Waals surface area contributed by atoms with Gasteiger partial charge in [-0.25, -0.2) is 0 Å². The highest BCUT2D eigenvalue weighted by atomic mass is 16.5. The number of ether oxygens (including phenoxy) is 1. The van der Waals surface area contributed by atoms with Crippen molar-refractivity contribution in [2.75, 3.05) is 39.9 Å². The molecule has 1 unspecified atom stereocenters. The van der Waals surface area contributed by atoms with Crippen molar-refractivity contribution in [2.45, 2.75) is 32.2 Å². The molecule has 0 aromatic heterocycles. The van der Waals surface area contributed by atoms with E-state index in [2.05, 4.69) is 24.2 Å². The lowest BCUT2D eigenvalue weighted by atomic mass is 10.2. The minimum Gasteiger partial charge on any atom is -0.380 e. The molecule has 0 amide bonds. The number of hydrogen-bond acceptors (Lipinski definition) is 3. The van der Waals surface area contributed by atoms with Gasteiger partial charge in [0.2, 0.25) is 0 Å². The number of likely N-dealkylation sites (N-methyl/N-ethyl adjacent to an activating group) is 1. The highest BCUT2D eigenvalue weighted by Gasteiger charge is 2.13. The van der Waals surface area contributed by atoms with E-state index in [1.165, 1.54) is 25.8 Å². The molecule has 0 bridgehead atoms. The van der Waals surface area contributed by atoms with E-state index >= 15 is 0 Å². The van der Waals surface area contributed by atoms with Gasteiger partial charge in [-0.3, -0.25) is 0 Å². The van der Waals surface area contributed by atoms with Crippen LogP contribution in [0.5, 0.6) is 0 Å². The van der Waals surface area contributed by atoms with Gasteiger partial charge in [0.05, 0.1) is 6.61 Å². The van der Waals surface area contributed by atoms with Crippen LogP contribution in [0.25, 0.3) is 0 Å².